The van der Waals surface area contributed by atoms with E-state index in [9.17, 15) is 0 Å². The zero-order valence-electron chi connectivity index (χ0n) is 18.7. The van der Waals surface area contributed by atoms with Crippen molar-refractivity contribution >= 4 is 22.8 Å². The molecule has 2 nitrogen and oxygen atoms in total. The van der Waals surface area contributed by atoms with Gasteiger partial charge in [-0.05, 0) is 98.9 Å². The van der Waals surface area contributed by atoms with E-state index in [1.807, 2.05) is 49.9 Å². The molecule has 2 saturated carbocycles. The summed E-state index contributed by atoms with van der Waals surface area (Å²) in [5.74, 6) is 15.5. The fourth-order valence-electron chi connectivity index (χ4n) is 4.00. The number of hydrogen-bond acceptors (Lipinski definition) is 3. The lowest BCUT2D eigenvalue weighted by atomic mass is 9.96. The van der Waals surface area contributed by atoms with E-state index in [4.69, 9.17) is 0 Å². The Labute approximate surface area is 212 Å². The number of nitrogens with zero attached hydrogens (tertiary/aromatic N) is 2. The van der Waals surface area contributed by atoms with E-state index < -0.39 is 0 Å². The predicted molar refractivity (Wildman–Crippen MR) is 141 cm³/mol. The Hall–Kier alpha value is -3.40. The third-order valence-corrected chi connectivity index (χ3v) is 6.37. The standard InChI is InChI=1S/C32H18N2S/c1-2-8-25(7-1)27-16-12-23(13-17-27)14-18-28-20-21-29(32-31(28)33-35-34-32)19-15-24-6-5-11-30(22-24)26-9-3-4-10-26/h1-13,16-17,20-22H. The van der Waals surface area contributed by atoms with Crippen molar-refractivity contribution in [2.45, 2.75) is 0 Å². The minimum absolute atomic E-state index is 0.799. The van der Waals surface area contributed by atoms with Crippen molar-refractivity contribution in [3.63, 3.8) is 0 Å². The Morgan fingerprint density at radius 3 is 1.71 bits per heavy atom. The molecule has 0 aliphatic heterocycles. The molecule has 10 radical (unpaired) electrons. The van der Waals surface area contributed by atoms with E-state index in [1.165, 1.54) is 29.1 Å². The highest BCUT2D eigenvalue weighted by atomic mass is 32.1. The van der Waals surface area contributed by atoms with Gasteiger partial charge >= 0.3 is 0 Å². The Morgan fingerprint density at radius 2 is 1.09 bits per heavy atom. The third-order valence-electron chi connectivity index (χ3n) is 5.84. The highest BCUT2D eigenvalue weighted by Crippen LogP contribution is 2.31. The number of aromatic nitrogens is 2. The van der Waals surface area contributed by atoms with E-state index in [0.717, 1.165) is 38.9 Å². The first-order valence-corrected chi connectivity index (χ1v) is 12.0. The van der Waals surface area contributed by atoms with Crippen LogP contribution in [0.2, 0.25) is 0 Å². The van der Waals surface area contributed by atoms with Crippen LogP contribution in [0.5, 0.6) is 0 Å². The average molecular weight is 463 g/mol. The predicted octanol–water partition coefficient (Wildman–Crippen LogP) is 6.00. The lowest BCUT2D eigenvalue weighted by Crippen LogP contribution is -1.94. The first-order chi connectivity index (χ1) is 17.3. The van der Waals surface area contributed by atoms with Crippen molar-refractivity contribution in [2.24, 2.45) is 0 Å². The van der Waals surface area contributed by atoms with Gasteiger partial charge in [-0.1, -0.05) is 47.9 Å². The molecule has 0 bridgehead atoms. The van der Waals surface area contributed by atoms with Gasteiger partial charge in [-0.3, -0.25) is 0 Å². The van der Waals surface area contributed by atoms with Gasteiger partial charge in [0.05, 0.1) is 22.9 Å². The monoisotopic (exact) mass is 462 g/mol. The van der Waals surface area contributed by atoms with Crippen molar-refractivity contribution in [1.82, 2.24) is 8.75 Å². The van der Waals surface area contributed by atoms with Gasteiger partial charge in [-0.15, -0.1) is 0 Å². The molecule has 0 saturated heterocycles. The molecule has 4 aromatic rings. The first kappa shape index (κ1) is 22.1. The van der Waals surface area contributed by atoms with Crippen molar-refractivity contribution < 1.29 is 0 Å². The van der Waals surface area contributed by atoms with Crippen LogP contribution in [-0.2, 0) is 0 Å². The van der Waals surface area contributed by atoms with Gasteiger partial charge < -0.3 is 0 Å². The van der Waals surface area contributed by atoms with E-state index in [2.05, 4.69) is 94.5 Å². The summed E-state index contributed by atoms with van der Waals surface area (Å²) in [4.78, 5) is 0. The average Bonchev–Trinajstić information content (AvgIpc) is 3.70. The Balaban J connectivity index is 1.24. The van der Waals surface area contributed by atoms with Gasteiger partial charge in [0.1, 0.15) is 11.0 Å². The molecule has 2 aliphatic rings. The second-order valence-electron chi connectivity index (χ2n) is 8.13. The summed E-state index contributed by atoms with van der Waals surface area (Å²) in [7, 11) is 0. The fourth-order valence-corrected chi connectivity index (χ4v) is 4.58. The zero-order valence-corrected chi connectivity index (χ0v) is 19.5. The maximum absolute atomic E-state index is 4.51. The number of fused-ring (bicyclic) bond motifs is 1. The summed E-state index contributed by atoms with van der Waals surface area (Å²) in [5, 5.41) is 0. The summed E-state index contributed by atoms with van der Waals surface area (Å²) in [6.07, 6.45) is 16.6. The first-order valence-electron chi connectivity index (χ1n) is 11.3. The minimum atomic E-state index is 0.799. The normalized spacial score (nSPS) is 16.1. The SMILES string of the molecule is C(#Cc1ccc(C#Cc2cccc([C]3[CH][CH][CH][CH]3)c2)c2nsnc12)c1ccc([C]2[CH][CH][CH][CH]2)cc1. The molecule has 35 heavy (non-hydrogen) atoms. The summed E-state index contributed by atoms with van der Waals surface area (Å²) in [5.41, 5.74) is 7.60. The molecule has 3 heteroatoms. The van der Waals surface area contributed by atoms with Gasteiger partial charge in [0.25, 0.3) is 0 Å². The molecular formula is C32H18N2S. The van der Waals surface area contributed by atoms with Gasteiger partial charge in [-0.25, -0.2) is 0 Å². The molecule has 3 aromatic carbocycles. The smallest absolute Gasteiger partial charge is 0.121 e. The van der Waals surface area contributed by atoms with Crippen LogP contribution in [0.1, 0.15) is 33.4 Å². The molecule has 1 aromatic heterocycles. The molecular weight excluding hydrogens is 444 g/mol. The van der Waals surface area contributed by atoms with E-state index in [1.54, 1.807) is 0 Å². The fraction of sp³-hybridized carbons (Fsp3) is 0. The molecule has 0 atom stereocenters. The second-order valence-corrected chi connectivity index (χ2v) is 8.66. The molecule has 0 amide bonds. The highest BCUT2D eigenvalue weighted by molar-refractivity contribution is 7.00. The van der Waals surface area contributed by atoms with Crippen LogP contribution in [0.4, 0.5) is 0 Å². The van der Waals surface area contributed by atoms with Gasteiger partial charge in [-0.2, -0.15) is 8.75 Å². The Bertz CT molecular complexity index is 1460. The van der Waals surface area contributed by atoms with E-state index in [0.29, 0.717) is 0 Å². The number of rotatable bonds is 2. The summed E-state index contributed by atoms with van der Waals surface area (Å²) in [6.45, 7) is 0. The molecule has 2 aliphatic carbocycles. The van der Waals surface area contributed by atoms with Gasteiger partial charge in [0, 0.05) is 23.0 Å². The molecule has 0 unspecified atom stereocenters. The van der Waals surface area contributed by atoms with Crippen LogP contribution in [0, 0.1) is 86.9 Å². The summed E-state index contributed by atoms with van der Waals surface area (Å²) < 4.78 is 9.01. The van der Waals surface area contributed by atoms with Crippen molar-refractivity contribution in [2.75, 3.05) is 0 Å². The molecule has 1 heterocycles. The maximum Gasteiger partial charge on any atom is 0.121 e. The number of hydrogen-bond donors (Lipinski definition) is 0. The summed E-state index contributed by atoms with van der Waals surface area (Å²) >= 11 is 1.19. The van der Waals surface area contributed by atoms with E-state index in [-0.39, 0.29) is 0 Å². The summed E-state index contributed by atoms with van der Waals surface area (Å²) in [6, 6.07) is 20.6. The van der Waals surface area contributed by atoms with Crippen LogP contribution in [0.3, 0.4) is 0 Å². The highest BCUT2D eigenvalue weighted by Gasteiger charge is 2.19. The van der Waals surface area contributed by atoms with Crippen LogP contribution in [0.25, 0.3) is 11.0 Å². The zero-order chi connectivity index (χ0) is 23.5. The Morgan fingerprint density at radius 1 is 0.514 bits per heavy atom. The van der Waals surface area contributed by atoms with Gasteiger partial charge in [0.15, 0.2) is 0 Å². The topological polar surface area (TPSA) is 25.8 Å². The third kappa shape index (κ3) is 4.88. The van der Waals surface area contributed by atoms with Crippen molar-refractivity contribution in [3.05, 3.63) is 157 Å². The largest absolute Gasteiger partial charge is 0.172 e. The van der Waals surface area contributed by atoms with Crippen LogP contribution in [0.15, 0.2) is 60.7 Å². The minimum Gasteiger partial charge on any atom is -0.172 e. The van der Waals surface area contributed by atoms with Crippen molar-refractivity contribution in [1.29, 1.82) is 0 Å². The molecule has 6 rings (SSSR count). The molecule has 162 valence electrons. The lowest BCUT2D eigenvalue weighted by Gasteiger charge is -2.07. The molecule has 0 N–H and O–H groups in total. The van der Waals surface area contributed by atoms with E-state index >= 15 is 0 Å². The van der Waals surface area contributed by atoms with Crippen LogP contribution < -0.4 is 0 Å². The van der Waals surface area contributed by atoms with Crippen molar-refractivity contribution in [3.8, 4) is 23.7 Å². The quantitative estimate of drug-likeness (QED) is 0.342. The van der Waals surface area contributed by atoms with Gasteiger partial charge in [0.2, 0.25) is 0 Å². The molecule has 0 spiro atoms. The molecule has 2 fully saturated rings. The second kappa shape index (κ2) is 10.1. The lowest BCUT2D eigenvalue weighted by molar-refractivity contribution is 1.28. The Kier molecular flexibility index (Phi) is 6.35. The maximum atomic E-state index is 4.51. The number of benzene rings is 3. The van der Waals surface area contributed by atoms with Crippen LogP contribution >= 0.6 is 11.7 Å². The van der Waals surface area contributed by atoms with Crippen LogP contribution in [-0.4, -0.2) is 8.75 Å².